The molecule has 3 unspecified atom stereocenters. The van der Waals surface area contributed by atoms with E-state index in [0.717, 1.165) is 31.4 Å². The number of aromatic nitrogens is 2. The van der Waals surface area contributed by atoms with Crippen molar-refractivity contribution in [2.75, 3.05) is 12.8 Å². The second kappa shape index (κ2) is 6.92. The van der Waals surface area contributed by atoms with Gasteiger partial charge in [-0.15, -0.1) is 0 Å². The van der Waals surface area contributed by atoms with Crippen LogP contribution in [0, 0.1) is 0 Å². The molecule has 0 radical (unpaired) electrons. The van der Waals surface area contributed by atoms with Crippen LogP contribution in [-0.4, -0.2) is 42.3 Å². The Labute approximate surface area is 128 Å². The molecule has 6 heteroatoms. The minimum Gasteiger partial charge on any atom is -0.315 e. The molecule has 1 aliphatic rings. The van der Waals surface area contributed by atoms with Crippen molar-refractivity contribution in [1.29, 1.82) is 0 Å². The van der Waals surface area contributed by atoms with Crippen LogP contribution in [-0.2, 0) is 16.3 Å². The van der Waals surface area contributed by atoms with Gasteiger partial charge in [0.1, 0.15) is 0 Å². The zero-order valence-electron chi connectivity index (χ0n) is 13.2. The molecule has 1 aromatic heterocycles. The van der Waals surface area contributed by atoms with Gasteiger partial charge in [0.05, 0.1) is 16.7 Å². The Kier molecular flexibility index (Phi) is 5.43. The highest BCUT2D eigenvalue weighted by molar-refractivity contribution is 7.92. The lowest BCUT2D eigenvalue weighted by Gasteiger charge is -2.29. The topological polar surface area (TPSA) is 64.0 Å². The fraction of sp³-hybridized carbons (Fsp3) is 0.800. The summed E-state index contributed by atoms with van der Waals surface area (Å²) in [6.07, 6.45) is 6.27. The standard InChI is InChI=1S/C15H27N3O2S/c1-4-12(2)18-9-8-13(17-18)11-14(16-3)15-7-5-6-10-21(15,19)20/h8-9,12,14-16H,4-7,10-11H2,1-3H3. The summed E-state index contributed by atoms with van der Waals surface area (Å²) in [6.45, 7) is 4.27. The van der Waals surface area contributed by atoms with Gasteiger partial charge in [0.15, 0.2) is 9.84 Å². The lowest BCUT2D eigenvalue weighted by molar-refractivity contribution is 0.443. The summed E-state index contributed by atoms with van der Waals surface area (Å²) >= 11 is 0. The highest BCUT2D eigenvalue weighted by atomic mass is 32.2. The second-order valence-electron chi connectivity index (χ2n) is 6.04. The van der Waals surface area contributed by atoms with E-state index in [9.17, 15) is 8.42 Å². The van der Waals surface area contributed by atoms with Gasteiger partial charge >= 0.3 is 0 Å². The van der Waals surface area contributed by atoms with Crippen LogP contribution in [0.3, 0.4) is 0 Å². The highest BCUT2D eigenvalue weighted by Gasteiger charge is 2.35. The van der Waals surface area contributed by atoms with Crippen LogP contribution in [0.15, 0.2) is 12.3 Å². The van der Waals surface area contributed by atoms with Crippen LogP contribution < -0.4 is 5.32 Å². The van der Waals surface area contributed by atoms with Gasteiger partial charge in [-0.2, -0.15) is 5.10 Å². The van der Waals surface area contributed by atoms with Gasteiger partial charge < -0.3 is 5.32 Å². The Bertz CT molecular complexity index is 553. The van der Waals surface area contributed by atoms with E-state index in [1.807, 2.05) is 24.0 Å². The second-order valence-corrected chi connectivity index (χ2v) is 8.38. The monoisotopic (exact) mass is 313 g/mol. The van der Waals surface area contributed by atoms with E-state index in [0.29, 0.717) is 18.2 Å². The molecule has 3 atom stereocenters. The number of hydrogen-bond donors (Lipinski definition) is 1. The van der Waals surface area contributed by atoms with Crippen LogP contribution in [0.5, 0.6) is 0 Å². The first kappa shape index (κ1) is 16.5. The largest absolute Gasteiger partial charge is 0.315 e. The molecule has 0 saturated carbocycles. The maximum absolute atomic E-state index is 12.3. The van der Waals surface area contributed by atoms with Gasteiger partial charge in [-0.25, -0.2) is 8.42 Å². The third kappa shape index (κ3) is 3.86. The van der Waals surface area contributed by atoms with E-state index in [-0.39, 0.29) is 11.3 Å². The Morgan fingerprint density at radius 2 is 2.24 bits per heavy atom. The molecule has 1 aromatic rings. The number of likely N-dealkylation sites (N-methyl/N-ethyl adjacent to an activating group) is 1. The third-order valence-corrected chi connectivity index (χ3v) is 6.93. The van der Waals surface area contributed by atoms with E-state index in [2.05, 4.69) is 24.3 Å². The number of hydrogen-bond acceptors (Lipinski definition) is 4. The van der Waals surface area contributed by atoms with E-state index in [1.165, 1.54) is 0 Å². The van der Waals surface area contributed by atoms with Crippen molar-refractivity contribution < 1.29 is 8.42 Å². The Morgan fingerprint density at radius 1 is 1.48 bits per heavy atom. The van der Waals surface area contributed by atoms with E-state index >= 15 is 0 Å². The minimum absolute atomic E-state index is 0.0458. The van der Waals surface area contributed by atoms with Gasteiger partial charge in [0, 0.05) is 24.7 Å². The number of sulfone groups is 1. The highest BCUT2D eigenvalue weighted by Crippen LogP contribution is 2.24. The number of nitrogens with zero attached hydrogens (tertiary/aromatic N) is 2. The molecule has 1 N–H and O–H groups in total. The summed E-state index contributed by atoms with van der Waals surface area (Å²) in [5.41, 5.74) is 0.968. The molecular formula is C15H27N3O2S. The summed E-state index contributed by atoms with van der Waals surface area (Å²) < 4.78 is 26.5. The van der Waals surface area contributed by atoms with Gasteiger partial charge in [0.2, 0.25) is 0 Å². The van der Waals surface area contributed by atoms with Crippen LogP contribution in [0.1, 0.15) is 51.3 Å². The average molecular weight is 313 g/mol. The summed E-state index contributed by atoms with van der Waals surface area (Å²) in [4.78, 5) is 0. The molecule has 0 spiro atoms. The maximum Gasteiger partial charge on any atom is 0.154 e. The Balaban J connectivity index is 2.10. The smallest absolute Gasteiger partial charge is 0.154 e. The lowest BCUT2D eigenvalue weighted by atomic mass is 10.0. The zero-order valence-corrected chi connectivity index (χ0v) is 14.1. The maximum atomic E-state index is 12.3. The molecule has 0 aromatic carbocycles. The van der Waals surface area contributed by atoms with Gasteiger partial charge in [-0.1, -0.05) is 13.3 Å². The van der Waals surface area contributed by atoms with Crippen LogP contribution in [0.4, 0.5) is 0 Å². The number of rotatable bonds is 6. The molecule has 0 bridgehead atoms. The summed E-state index contributed by atoms with van der Waals surface area (Å²) in [5, 5.41) is 7.52. The predicted molar refractivity (Wildman–Crippen MR) is 85.2 cm³/mol. The summed E-state index contributed by atoms with van der Waals surface area (Å²) in [6, 6.07) is 2.34. The average Bonchev–Trinajstić information content (AvgIpc) is 2.92. The summed E-state index contributed by atoms with van der Waals surface area (Å²) in [7, 11) is -1.12. The van der Waals surface area contributed by atoms with Crippen molar-refractivity contribution in [3.63, 3.8) is 0 Å². The molecule has 5 nitrogen and oxygen atoms in total. The lowest BCUT2D eigenvalue weighted by Crippen LogP contribution is -2.46. The SMILES string of the molecule is CCC(C)n1ccc(CC(NC)C2CCCCS2(=O)=O)n1. The van der Waals surface area contributed by atoms with Crippen molar-refractivity contribution in [3.8, 4) is 0 Å². The van der Waals surface area contributed by atoms with Crippen molar-refractivity contribution in [2.24, 2.45) is 0 Å². The first-order valence-electron chi connectivity index (χ1n) is 7.90. The van der Waals surface area contributed by atoms with Crippen molar-refractivity contribution in [3.05, 3.63) is 18.0 Å². The van der Waals surface area contributed by atoms with E-state index in [1.54, 1.807) is 0 Å². The van der Waals surface area contributed by atoms with Gasteiger partial charge in [-0.3, -0.25) is 4.68 Å². The van der Waals surface area contributed by atoms with E-state index in [4.69, 9.17) is 0 Å². The molecule has 120 valence electrons. The van der Waals surface area contributed by atoms with Crippen molar-refractivity contribution >= 4 is 9.84 Å². The molecule has 2 rings (SSSR count). The quantitative estimate of drug-likeness (QED) is 0.872. The fourth-order valence-corrected chi connectivity index (χ4v) is 5.16. The van der Waals surface area contributed by atoms with E-state index < -0.39 is 9.84 Å². The Hall–Kier alpha value is -0.880. The molecular weight excluding hydrogens is 286 g/mol. The minimum atomic E-state index is -2.97. The fourth-order valence-electron chi connectivity index (χ4n) is 2.99. The normalized spacial score (nSPS) is 24.6. The van der Waals surface area contributed by atoms with Crippen LogP contribution in [0.2, 0.25) is 0 Å². The molecule has 1 aliphatic heterocycles. The molecule has 21 heavy (non-hydrogen) atoms. The Morgan fingerprint density at radius 3 is 2.86 bits per heavy atom. The predicted octanol–water partition coefficient (Wildman–Crippen LogP) is 1.95. The van der Waals surface area contributed by atoms with Crippen LogP contribution in [0.25, 0.3) is 0 Å². The number of nitrogens with one attached hydrogen (secondary N) is 1. The van der Waals surface area contributed by atoms with Gasteiger partial charge in [-0.05, 0) is 39.3 Å². The van der Waals surface area contributed by atoms with Gasteiger partial charge in [0.25, 0.3) is 0 Å². The molecule has 1 fully saturated rings. The van der Waals surface area contributed by atoms with Crippen molar-refractivity contribution in [2.45, 2.75) is 63.3 Å². The summed E-state index contributed by atoms with van der Waals surface area (Å²) in [5.74, 6) is 0.331. The van der Waals surface area contributed by atoms with Crippen LogP contribution >= 0.6 is 0 Å². The first-order valence-corrected chi connectivity index (χ1v) is 9.62. The molecule has 0 aliphatic carbocycles. The molecule has 1 saturated heterocycles. The molecule has 0 amide bonds. The molecule has 2 heterocycles. The zero-order chi connectivity index (χ0) is 15.5. The third-order valence-electron chi connectivity index (χ3n) is 4.58. The first-order chi connectivity index (χ1) is 9.97. The van der Waals surface area contributed by atoms with Crippen molar-refractivity contribution in [1.82, 2.24) is 15.1 Å².